The van der Waals surface area contributed by atoms with Crippen LogP contribution in [0, 0.1) is 17.8 Å². The van der Waals surface area contributed by atoms with Gasteiger partial charge in [0.05, 0.1) is 0 Å². The number of carbonyl (C=O) groups excluding carboxylic acids is 1. The number of amides is 1. The fourth-order valence-electron chi connectivity index (χ4n) is 3.08. The minimum atomic E-state index is -0.373. The third-order valence-corrected chi connectivity index (χ3v) is 3.64. The van der Waals surface area contributed by atoms with Crippen LogP contribution in [0.2, 0.25) is 0 Å². The lowest BCUT2D eigenvalue weighted by molar-refractivity contribution is 0.0278. The second-order valence-corrected chi connectivity index (χ2v) is 6.48. The highest BCUT2D eigenvalue weighted by Gasteiger charge is 2.41. The Morgan fingerprint density at radius 1 is 1.11 bits per heavy atom. The molecule has 0 aromatic carbocycles. The van der Waals surface area contributed by atoms with Crippen molar-refractivity contribution in [3.05, 3.63) is 0 Å². The van der Waals surface area contributed by atoms with Crippen LogP contribution >= 0.6 is 0 Å². The van der Waals surface area contributed by atoms with Gasteiger partial charge in [0.1, 0.15) is 5.60 Å². The summed E-state index contributed by atoms with van der Waals surface area (Å²) in [7, 11) is 0. The molecule has 2 fully saturated rings. The van der Waals surface area contributed by atoms with Crippen molar-refractivity contribution in [2.24, 2.45) is 17.8 Å². The van der Waals surface area contributed by atoms with Crippen LogP contribution in [0.1, 0.15) is 61.8 Å². The number of fused-ring (bicyclic) bond motifs is 1. The van der Waals surface area contributed by atoms with E-state index in [9.17, 15) is 4.79 Å². The normalized spacial score (nSPS) is 28.9. The molecule has 1 aliphatic heterocycles. The van der Waals surface area contributed by atoms with Crippen LogP contribution in [0.3, 0.4) is 0 Å². The molecule has 114 valence electrons. The predicted octanol–water partition coefficient (Wildman–Crippen LogP) is 4.56. The summed E-state index contributed by atoms with van der Waals surface area (Å²) in [6.07, 6.45) is 2.43. The first kappa shape index (κ1) is 18.3. The van der Waals surface area contributed by atoms with Crippen molar-refractivity contribution >= 4 is 6.09 Å². The third kappa shape index (κ3) is 5.04. The molecule has 1 heterocycles. The Bertz CT molecular complexity index is 269. The Labute approximate surface area is 119 Å². The number of hydrogen-bond donors (Lipinski definition) is 0. The molecule has 0 N–H and O–H groups in total. The Morgan fingerprint density at radius 2 is 1.53 bits per heavy atom. The highest BCUT2D eigenvalue weighted by atomic mass is 16.6. The third-order valence-electron chi connectivity index (χ3n) is 3.64. The molecule has 2 unspecified atom stereocenters. The van der Waals surface area contributed by atoms with Crippen molar-refractivity contribution in [3.8, 4) is 0 Å². The molecule has 2 aliphatic rings. The van der Waals surface area contributed by atoms with E-state index in [0.29, 0.717) is 0 Å². The second kappa shape index (κ2) is 7.16. The van der Waals surface area contributed by atoms with Gasteiger partial charge >= 0.3 is 6.09 Å². The lowest BCUT2D eigenvalue weighted by Crippen LogP contribution is -2.36. The molecular weight excluding hydrogens is 238 g/mol. The van der Waals surface area contributed by atoms with Gasteiger partial charge in [-0.05, 0) is 51.4 Å². The van der Waals surface area contributed by atoms with E-state index < -0.39 is 0 Å². The lowest BCUT2D eigenvalue weighted by Gasteiger charge is -2.25. The van der Waals surface area contributed by atoms with E-state index in [4.69, 9.17) is 4.74 Å². The van der Waals surface area contributed by atoms with Gasteiger partial charge in [0, 0.05) is 13.1 Å². The number of hydrogen-bond acceptors (Lipinski definition) is 2. The first-order chi connectivity index (χ1) is 8.35. The van der Waals surface area contributed by atoms with Crippen LogP contribution in [0.4, 0.5) is 4.79 Å². The second-order valence-electron chi connectivity index (χ2n) is 6.48. The average molecular weight is 271 g/mol. The number of rotatable bonds is 0. The maximum Gasteiger partial charge on any atom is 0.410 e. The van der Waals surface area contributed by atoms with Crippen molar-refractivity contribution in [2.45, 2.75) is 67.4 Å². The number of likely N-dealkylation sites (tertiary alicyclic amines) is 1. The van der Waals surface area contributed by atoms with E-state index in [2.05, 4.69) is 6.92 Å². The molecule has 0 aromatic rings. The summed E-state index contributed by atoms with van der Waals surface area (Å²) in [4.78, 5) is 13.8. The summed E-state index contributed by atoms with van der Waals surface area (Å²) < 4.78 is 5.40. The predicted molar refractivity (Wildman–Crippen MR) is 81.3 cm³/mol. The molecule has 19 heavy (non-hydrogen) atoms. The topological polar surface area (TPSA) is 29.5 Å². The zero-order valence-corrected chi connectivity index (χ0v) is 12.8. The van der Waals surface area contributed by atoms with E-state index in [1.165, 1.54) is 12.8 Å². The fourth-order valence-corrected chi connectivity index (χ4v) is 3.08. The molecule has 1 amide bonds. The molecule has 0 aromatic heterocycles. The van der Waals surface area contributed by atoms with Crippen molar-refractivity contribution in [3.63, 3.8) is 0 Å². The summed E-state index contributed by atoms with van der Waals surface area (Å²) >= 11 is 0. The summed E-state index contributed by atoms with van der Waals surface area (Å²) in [6.45, 7) is 13.9. The quantitative estimate of drug-likeness (QED) is 0.646. The molecule has 2 rings (SSSR count). The van der Waals surface area contributed by atoms with E-state index in [0.717, 1.165) is 30.8 Å². The molecule has 0 radical (unpaired) electrons. The molecule has 1 saturated carbocycles. The van der Waals surface area contributed by atoms with Gasteiger partial charge < -0.3 is 9.64 Å². The molecule has 0 bridgehead atoms. The molecular formula is C16H33NO2. The Hall–Kier alpha value is -0.730. The van der Waals surface area contributed by atoms with Crippen molar-refractivity contribution in [1.82, 2.24) is 4.90 Å². The van der Waals surface area contributed by atoms with Crippen LogP contribution < -0.4 is 0 Å². The molecule has 1 saturated heterocycles. The Balaban J connectivity index is 0.00000103. The number of ether oxygens (including phenoxy) is 1. The van der Waals surface area contributed by atoms with E-state index in [1.807, 2.05) is 39.5 Å². The van der Waals surface area contributed by atoms with Crippen LogP contribution in [0.25, 0.3) is 0 Å². The average Bonchev–Trinajstić information content (AvgIpc) is 2.75. The summed E-state index contributed by atoms with van der Waals surface area (Å²) in [5.74, 6) is 2.29. The molecule has 3 nitrogen and oxygen atoms in total. The van der Waals surface area contributed by atoms with Crippen LogP contribution in [-0.2, 0) is 4.74 Å². The zero-order chi connectivity index (χ0) is 13.9. The largest absolute Gasteiger partial charge is 0.444 e. The van der Waals surface area contributed by atoms with Gasteiger partial charge in [0.15, 0.2) is 0 Å². The maximum atomic E-state index is 11.9. The van der Waals surface area contributed by atoms with Gasteiger partial charge in [-0.2, -0.15) is 0 Å². The van der Waals surface area contributed by atoms with Gasteiger partial charge in [-0.25, -0.2) is 4.79 Å². The minimum Gasteiger partial charge on any atom is -0.444 e. The van der Waals surface area contributed by atoms with Crippen molar-refractivity contribution < 1.29 is 9.53 Å². The Kier molecular flexibility index (Phi) is 6.88. The summed E-state index contributed by atoms with van der Waals surface area (Å²) in [5.41, 5.74) is -0.373. The summed E-state index contributed by atoms with van der Waals surface area (Å²) in [5, 5.41) is 0. The molecule has 2 atom stereocenters. The highest BCUT2D eigenvalue weighted by Crippen LogP contribution is 2.41. The van der Waals surface area contributed by atoms with Gasteiger partial charge in [-0.1, -0.05) is 28.2 Å². The number of carbonyl (C=O) groups is 1. The smallest absolute Gasteiger partial charge is 0.410 e. The molecule has 3 heteroatoms. The van der Waals surface area contributed by atoms with E-state index >= 15 is 0 Å². The van der Waals surface area contributed by atoms with Gasteiger partial charge in [0.25, 0.3) is 0 Å². The lowest BCUT2D eigenvalue weighted by atomic mass is 10.0. The van der Waals surface area contributed by atoms with Crippen LogP contribution in [0.15, 0.2) is 0 Å². The van der Waals surface area contributed by atoms with Gasteiger partial charge in [0.2, 0.25) is 0 Å². The van der Waals surface area contributed by atoms with E-state index in [-0.39, 0.29) is 19.1 Å². The van der Waals surface area contributed by atoms with Gasteiger partial charge in [-0.3, -0.25) is 0 Å². The fraction of sp³-hybridized carbons (Fsp3) is 0.938. The van der Waals surface area contributed by atoms with Crippen molar-refractivity contribution in [2.75, 3.05) is 13.1 Å². The van der Waals surface area contributed by atoms with Crippen LogP contribution in [-0.4, -0.2) is 29.7 Å². The SMILES string of the molecule is C.CC.CC1CC2CN(C(=O)OC(C)(C)C)CC2C1. The first-order valence-electron chi connectivity index (χ1n) is 7.33. The first-order valence-corrected chi connectivity index (χ1v) is 7.33. The minimum absolute atomic E-state index is 0. The van der Waals surface area contributed by atoms with E-state index in [1.54, 1.807) is 0 Å². The monoisotopic (exact) mass is 271 g/mol. The number of nitrogens with zero attached hydrogens (tertiary/aromatic N) is 1. The zero-order valence-electron chi connectivity index (χ0n) is 12.8. The Morgan fingerprint density at radius 3 is 1.89 bits per heavy atom. The standard InChI is InChI=1S/C13H23NO2.C2H6.CH4/c1-9-5-10-7-14(8-11(10)6-9)12(15)16-13(2,3)4;1-2;/h9-11H,5-8H2,1-4H3;1-2H3;1H4. The maximum absolute atomic E-state index is 11.9. The van der Waals surface area contributed by atoms with Crippen LogP contribution in [0.5, 0.6) is 0 Å². The highest BCUT2D eigenvalue weighted by molar-refractivity contribution is 5.68. The summed E-state index contributed by atoms with van der Waals surface area (Å²) in [6, 6.07) is 0. The molecule has 0 spiro atoms. The molecule has 1 aliphatic carbocycles. The van der Waals surface area contributed by atoms with Gasteiger partial charge in [-0.15, -0.1) is 0 Å². The van der Waals surface area contributed by atoms with Crippen molar-refractivity contribution in [1.29, 1.82) is 0 Å².